The zero-order valence-corrected chi connectivity index (χ0v) is 19.4. The predicted octanol–water partition coefficient (Wildman–Crippen LogP) is 4.12. The van der Waals surface area contributed by atoms with E-state index in [0.717, 1.165) is 53.1 Å². The summed E-state index contributed by atoms with van der Waals surface area (Å²) in [6.45, 7) is 6.70. The van der Waals surface area contributed by atoms with Gasteiger partial charge in [-0.1, -0.05) is 12.2 Å². The highest BCUT2D eigenvalue weighted by Crippen LogP contribution is 2.44. The summed E-state index contributed by atoms with van der Waals surface area (Å²) in [5.74, 6) is 5.66. The fourth-order valence-corrected chi connectivity index (χ4v) is 7.00. The molecule has 3 fully saturated rings. The molecule has 5 aliphatic rings. The van der Waals surface area contributed by atoms with Gasteiger partial charge in [0.2, 0.25) is 5.88 Å². The van der Waals surface area contributed by atoms with Gasteiger partial charge in [-0.05, 0) is 80.6 Å². The van der Waals surface area contributed by atoms with Crippen LogP contribution in [0, 0.1) is 42.4 Å². The van der Waals surface area contributed by atoms with Gasteiger partial charge in [-0.15, -0.1) is 10.2 Å². The first-order valence-electron chi connectivity index (χ1n) is 12.5. The van der Waals surface area contributed by atoms with E-state index in [1.807, 2.05) is 37.0 Å². The van der Waals surface area contributed by atoms with E-state index >= 15 is 0 Å². The Morgan fingerprint density at radius 2 is 1.88 bits per heavy atom. The van der Waals surface area contributed by atoms with E-state index < -0.39 is 0 Å². The third-order valence-corrected chi connectivity index (χ3v) is 8.53. The van der Waals surface area contributed by atoms with Gasteiger partial charge in [0.25, 0.3) is 0 Å². The SMILES string of the molecule is Cc1nn(C)cc1-c1ccc(OCC2C[C@@H]3CN(CC4CC5C=CC4CC5)C[C@@H]3C2)nn1. The molecule has 6 heteroatoms. The number of ether oxygens (including phenoxy) is 1. The first-order chi connectivity index (χ1) is 15.6. The second-order valence-corrected chi connectivity index (χ2v) is 10.8. The number of fused-ring (bicyclic) bond motifs is 3. The number of likely N-dealkylation sites (tertiary alicyclic amines) is 1. The van der Waals surface area contributed by atoms with Crippen LogP contribution < -0.4 is 4.74 Å². The number of aromatic nitrogens is 4. The lowest BCUT2D eigenvalue weighted by Gasteiger charge is -2.40. The molecule has 170 valence electrons. The lowest BCUT2D eigenvalue weighted by molar-refractivity contribution is 0.151. The Labute approximate surface area is 191 Å². The zero-order chi connectivity index (χ0) is 21.7. The van der Waals surface area contributed by atoms with Gasteiger partial charge in [-0.2, -0.15) is 5.10 Å². The summed E-state index contributed by atoms with van der Waals surface area (Å²) in [5.41, 5.74) is 2.84. The standard InChI is InChI=1S/C26H35N5O/c1-17-24(15-30(2)29-17)25-7-8-26(28-27-25)32-16-19-10-22-13-31(14-23(22)11-19)12-21-9-18-3-5-20(21)6-4-18/h3,5,7-8,15,18-23H,4,6,9-14,16H2,1-2H3/t18?,19?,20?,21?,22-,23+. The van der Waals surface area contributed by atoms with Gasteiger partial charge in [0, 0.05) is 44.5 Å². The van der Waals surface area contributed by atoms with Gasteiger partial charge in [-0.3, -0.25) is 4.68 Å². The van der Waals surface area contributed by atoms with Crippen LogP contribution in [0.1, 0.15) is 37.8 Å². The molecule has 7 rings (SSSR count). The van der Waals surface area contributed by atoms with Crippen molar-refractivity contribution in [2.24, 2.45) is 42.6 Å². The summed E-state index contributed by atoms with van der Waals surface area (Å²) in [7, 11) is 1.93. The molecule has 6 atom stereocenters. The molecule has 2 saturated carbocycles. The number of hydrogen-bond acceptors (Lipinski definition) is 5. The molecule has 2 bridgehead atoms. The highest BCUT2D eigenvalue weighted by molar-refractivity contribution is 5.60. The molecule has 3 heterocycles. The van der Waals surface area contributed by atoms with Crippen LogP contribution in [0.4, 0.5) is 0 Å². The van der Waals surface area contributed by atoms with E-state index in [4.69, 9.17) is 4.74 Å². The minimum absolute atomic E-state index is 0.634. The summed E-state index contributed by atoms with van der Waals surface area (Å²) in [4.78, 5) is 2.79. The molecule has 6 nitrogen and oxygen atoms in total. The van der Waals surface area contributed by atoms with E-state index in [0.29, 0.717) is 11.8 Å². The summed E-state index contributed by atoms with van der Waals surface area (Å²) >= 11 is 0. The number of allylic oxidation sites excluding steroid dienone is 2. The molecular weight excluding hydrogens is 398 g/mol. The second kappa shape index (κ2) is 8.29. The van der Waals surface area contributed by atoms with Crippen LogP contribution in [0.3, 0.4) is 0 Å². The molecule has 32 heavy (non-hydrogen) atoms. The molecule has 0 spiro atoms. The maximum absolute atomic E-state index is 6.05. The van der Waals surface area contributed by atoms with Gasteiger partial charge in [0.15, 0.2) is 0 Å². The number of hydrogen-bond donors (Lipinski definition) is 0. The van der Waals surface area contributed by atoms with E-state index in [-0.39, 0.29) is 0 Å². The van der Waals surface area contributed by atoms with Crippen LogP contribution in [-0.2, 0) is 7.05 Å². The van der Waals surface area contributed by atoms with Crippen molar-refractivity contribution in [3.05, 3.63) is 36.2 Å². The Morgan fingerprint density at radius 1 is 1.03 bits per heavy atom. The van der Waals surface area contributed by atoms with Gasteiger partial charge >= 0.3 is 0 Å². The number of aryl methyl sites for hydroxylation is 2. The lowest BCUT2D eigenvalue weighted by atomic mass is 9.69. The van der Waals surface area contributed by atoms with Crippen LogP contribution in [0.15, 0.2) is 30.5 Å². The molecule has 4 unspecified atom stereocenters. The minimum Gasteiger partial charge on any atom is -0.476 e. The van der Waals surface area contributed by atoms with Gasteiger partial charge in [0.1, 0.15) is 0 Å². The fourth-order valence-electron chi connectivity index (χ4n) is 7.00. The Bertz CT molecular complexity index is 969. The summed E-state index contributed by atoms with van der Waals surface area (Å²) in [6.07, 6.45) is 13.9. The van der Waals surface area contributed by atoms with Crippen molar-refractivity contribution in [1.29, 1.82) is 0 Å². The molecule has 0 amide bonds. The van der Waals surface area contributed by atoms with Crippen LogP contribution in [0.5, 0.6) is 5.88 Å². The van der Waals surface area contributed by atoms with Gasteiger partial charge in [0.05, 0.1) is 18.0 Å². The third kappa shape index (κ3) is 3.98. The van der Waals surface area contributed by atoms with Crippen LogP contribution in [0.2, 0.25) is 0 Å². The summed E-state index contributed by atoms with van der Waals surface area (Å²) in [6, 6.07) is 3.93. The predicted molar refractivity (Wildman–Crippen MR) is 124 cm³/mol. The number of nitrogens with zero attached hydrogens (tertiary/aromatic N) is 5. The van der Waals surface area contributed by atoms with Crippen molar-refractivity contribution in [2.75, 3.05) is 26.2 Å². The van der Waals surface area contributed by atoms with Crippen LogP contribution in [-0.4, -0.2) is 51.1 Å². The third-order valence-electron chi connectivity index (χ3n) is 8.53. The van der Waals surface area contributed by atoms with Crippen molar-refractivity contribution in [3.63, 3.8) is 0 Å². The smallest absolute Gasteiger partial charge is 0.233 e. The molecule has 2 aromatic rings. The molecule has 4 aliphatic carbocycles. The molecule has 0 aromatic carbocycles. The quantitative estimate of drug-likeness (QED) is 0.642. The summed E-state index contributed by atoms with van der Waals surface area (Å²) in [5, 5.41) is 13.1. The highest BCUT2D eigenvalue weighted by Gasteiger charge is 2.42. The molecule has 0 radical (unpaired) electrons. The van der Waals surface area contributed by atoms with Crippen molar-refractivity contribution < 1.29 is 4.74 Å². The van der Waals surface area contributed by atoms with Gasteiger partial charge in [-0.25, -0.2) is 0 Å². The van der Waals surface area contributed by atoms with Crippen molar-refractivity contribution in [1.82, 2.24) is 24.9 Å². The Kier molecular flexibility index (Phi) is 5.28. The monoisotopic (exact) mass is 433 g/mol. The lowest BCUT2D eigenvalue weighted by Crippen LogP contribution is -2.37. The number of rotatable bonds is 6. The molecule has 2 aromatic heterocycles. The normalized spacial score (nSPS) is 33.7. The van der Waals surface area contributed by atoms with E-state index in [1.54, 1.807) is 0 Å². The highest BCUT2D eigenvalue weighted by atomic mass is 16.5. The first kappa shape index (κ1) is 20.4. The second-order valence-electron chi connectivity index (χ2n) is 10.8. The Hall–Kier alpha value is -2.21. The van der Waals surface area contributed by atoms with Crippen LogP contribution in [0.25, 0.3) is 11.3 Å². The fraction of sp³-hybridized carbons (Fsp3) is 0.654. The van der Waals surface area contributed by atoms with Gasteiger partial charge < -0.3 is 9.64 Å². The topological polar surface area (TPSA) is 56.1 Å². The molecule has 1 saturated heterocycles. The zero-order valence-electron chi connectivity index (χ0n) is 19.4. The Balaban J connectivity index is 0.976. The summed E-state index contributed by atoms with van der Waals surface area (Å²) < 4.78 is 7.86. The van der Waals surface area contributed by atoms with Crippen molar-refractivity contribution in [3.8, 4) is 17.1 Å². The average molecular weight is 434 g/mol. The maximum atomic E-state index is 6.05. The average Bonchev–Trinajstić information content (AvgIpc) is 3.46. The Morgan fingerprint density at radius 3 is 2.47 bits per heavy atom. The van der Waals surface area contributed by atoms with Crippen LogP contribution >= 0.6 is 0 Å². The first-order valence-corrected chi connectivity index (χ1v) is 12.5. The maximum Gasteiger partial charge on any atom is 0.233 e. The molecule has 1 aliphatic heterocycles. The van der Waals surface area contributed by atoms with E-state index in [1.165, 1.54) is 51.7 Å². The van der Waals surface area contributed by atoms with Crippen molar-refractivity contribution in [2.45, 2.75) is 39.0 Å². The van der Waals surface area contributed by atoms with E-state index in [2.05, 4.69) is 32.3 Å². The van der Waals surface area contributed by atoms with E-state index in [9.17, 15) is 0 Å². The largest absolute Gasteiger partial charge is 0.476 e. The molecule has 0 N–H and O–H groups in total. The molecular formula is C26H35N5O. The minimum atomic E-state index is 0.634. The van der Waals surface area contributed by atoms with Crippen molar-refractivity contribution >= 4 is 0 Å².